The Labute approximate surface area is 123 Å². The third kappa shape index (κ3) is 3.25. The first-order valence-corrected chi connectivity index (χ1v) is 7.06. The van der Waals surface area contributed by atoms with Gasteiger partial charge in [0.25, 0.3) is 5.91 Å². The highest BCUT2D eigenvalue weighted by Gasteiger charge is 2.29. The lowest BCUT2D eigenvalue weighted by molar-refractivity contribution is 0.0846. The van der Waals surface area contributed by atoms with Crippen LogP contribution in [-0.2, 0) is 4.74 Å². The number of nitrogens with one attached hydrogen (secondary N) is 1. The lowest BCUT2D eigenvalue weighted by Gasteiger charge is -2.19. The number of carbonyl (C=O) groups is 1. The highest BCUT2D eigenvalue weighted by atomic mass is 16.5. The Morgan fingerprint density at radius 1 is 1.24 bits per heavy atom. The zero-order chi connectivity index (χ0) is 14.5. The molecule has 108 valence electrons. The second-order valence-electron chi connectivity index (χ2n) is 5.09. The summed E-state index contributed by atoms with van der Waals surface area (Å²) in [5, 5.41) is 10.3. The second-order valence-corrected chi connectivity index (χ2v) is 5.09. The van der Waals surface area contributed by atoms with E-state index >= 15 is 0 Å². The van der Waals surface area contributed by atoms with Crippen LogP contribution in [0.4, 0.5) is 0 Å². The standard InChI is InChI=1S/C16H17N3O2/c20-16(14-6-8-18-19-11-14)17-10-13-7-9-21-15(13)12-4-2-1-3-5-12/h1-6,8,11,13,15H,7,9-10H2,(H,17,20)/t13-,15-/m0/s1. The maximum atomic E-state index is 12.0. The summed E-state index contributed by atoms with van der Waals surface area (Å²) in [7, 11) is 0. The fourth-order valence-electron chi connectivity index (χ4n) is 2.60. The van der Waals surface area contributed by atoms with Gasteiger partial charge in [0.1, 0.15) is 0 Å². The molecule has 5 nitrogen and oxygen atoms in total. The van der Waals surface area contributed by atoms with Crippen molar-refractivity contribution in [2.45, 2.75) is 12.5 Å². The average molecular weight is 283 g/mol. The summed E-state index contributed by atoms with van der Waals surface area (Å²) in [5.74, 6) is 0.176. The van der Waals surface area contributed by atoms with E-state index in [4.69, 9.17) is 4.74 Å². The molecule has 2 heterocycles. The van der Waals surface area contributed by atoms with Gasteiger partial charge in [-0.05, 0) is 18.1 Å². The van der Waals surface area contributed by atoms with Crippen molar-refractivity contribution < 1.29 is 9.53 Å². The van der Waals surface area contributed by atoms with Gasteiger partial charge in [-0.15, -0.1) is 0 Å². The molecule has 1 aromatic carbocycles. The van der Waals surface area contributed by atoms with Crippen molar-refractivity contribution in [3.8, 4) is 0 Å². The molecule has 1 aromatic heterocycles. The van der Waals surface area contributed by atoms with Crippen LogP contribution in [0.25, 0.3) is 0 Å². The van der Waals surface area contributed by atoms with Crippen molar-refractivity contribution in [1.82, 2.24) is 15.5 Å². The Bertz CT molecular complexity index is 589. The number of ether oxygens (including phenoxy) is 1. The number of hydrogen-bond donors (Lipinski definition) is 1. The smallest absolute Gasteiger partial charge is 0.252 e. The average Bonchev–Trinajstić information content (AvgIpc) is 3.03. The Morgan fingerprint density at radius 3 is 2.86 bits per heavy atom. The molecule has 0 aliphatic carbocycles. The fraction of sp³-hybridized carbons (Fsp3) is 0.312. The molecule has 0 bridgehead atoms. The number of amides is 1. The monoisotopic (exact) mass is 283 g/mol. The lowest BCUT2D eigenvalue weighted by atomic mass is 9.95. The molecule has 0 saturated carbocycles. The molecule has 1 saturated heterocycles. The maximum absolute atomic E-state index is 12.0. The summed E-state index contributed by atoms with van der Waals surface area (Å²) in [6.07, 6.45) is 3.99. The predicted octanol–water partition coefficient (Wildman–Crippen LogP) is 1.98. The van der Waals surface area contributed by atoms with Gasteiger partial charge in [-0.2, -0.15) is 10.2 Å². The SMILES string of the molecule is O=C(NC[C@@H]1CCO[C@H]1c1ccccc1)c1ccnnc1. The summed E-state index contributed by atoms with van der Waals surface area (Å²) in [6, 6.07) is 11.8. The van der Waals surface area contributed by atoms with E-state index < -0.39 is 0 Å². The Kier molecular flexibility index (Phi) is 4.21. The van der Waals surface area contributed by atoms with E-state index in [2.05, 4.69) is 27.6 Å². The van der Waals surface area contributed by atoms with Gasteiger partial charge >= 0.3 is 0 Å². The van der Waals surface area contributed by atoms with Gasteiger partial charge in [-0.25, -0.2) is 0 Å². The highest BCUT2D eigenvalue weighted by molar-refractivity contribution is 5.93. The first kappa shape index (κ1) is 13.7. The molecule has 0 spiro atoms. The van der Waals surface area contributed by atoms with E-state index in [0.29, 0.717) is 18.0 Å². The zero-order valence-corrected chi connectivity index (χ0v) is 11.6. The molecule has 0 radical (unpaired) electrons. The Morgan fingerprint density at radius 2 is 2.10 bits per heavy atom. The molecular formula is C16H17N3O2. The summed E-state index contributed by atoms with van der Waals surface area (Å²) >= 11 is 0. The quantitative estimate of drug-likeness (QED) is 0.932. The third-order valence-corrected chi connectivity index (χ3v) is 3.71. The fourth-order valence-corrected chi connectivity index (χ4v) is 2.60. The third-order valence-electron chi connectivity index (χ3n) is 3.71. The second kappa shape index (κ2) is 6.45. The largest absolute Gasteiger partial charge is 0.373 e. The molecule has 5 heteroatoms. The lowest BCUT2D eigenvalue weighted by Crippen LogP contribution is -2.30. The van der Waals surface area contributed by atoms with Gasteiger partial charge in [-0.1, -0.05) is 30.3 Å². The Hall–Kier alpha value is -2.27. The van der Waals surface area contributed by atoms with E-state index in [1.54, 1.807) is 6.07 Å². The number of hydrogen-bond acceptors (Lipinski definition) is 4. The van der Waals surface area contributed by atoms with Gasteiger partial charge < -0.3 is 10.1 Å². The maximum Gasteiger partial charge on any atom is 0.252 e. The molecule has 3 rings (SSSR count). The number of carbonyl (C=O) groups excluding carboxylic acids is 1. The van der Waals surface area contributed by atoms with Crippen molar-refractivity contribution >= 4 is 5.91 Å². The number of nitrogens with zero attached hydrogens (tertiary/aromatic N) is 2. The van der Waals surface area contributed by atoms with Crippen LogP contribution in [0.15, 0.2) is 48.8 Å². The summed E-state index contributed by atoms with van der Waals surface area (Å²) in [6.45, 7) is 1.33. The van der Waals surface area contributed by atoms with Crippen LogP contribution in [0.1, 0.15) is 28.4 Å². The molecule has 2 atom stereocenters. The minimum Gasteiger partial charge on any atom is -0.373 e. The van der Waals surface area contributed by atoms with Crippen LogP contribution in [0, 0.1) is 5.92 Å². The summed E-state index contributed by atoms with van der Waals surface area (Å²) in [5.41, 5.74) is 1.69. The number of rotatable bonds is 4. The summed E-state index contributed by atoms with van der Waals surface area (Å²) in [4.78, 5) is 12.0. The molecular weight excluding hydrogens is 266 g/mol. The molecule has 1 aliphatic rings. The van der Waals surface area contributed by atoms with Crippen molar-refractivity contribution in [2.75, 3.05) is 13.2 Å². The topological polar surface area (TPSA) is 64.1 Å². The van der Waals surface area contributed by atoms with E-state index in [0.717, 1.165) is 13.0 Å². The number of aromatic nitrogens is 2. The van der Waals surface area contributed by atoms with Crippen LogP contribution >= 0.6 is 0 Å². The number of benzene rings is 1. The van der Waals surface area contributed by atoms with Gasteiger partial charge in [0.05, 0.1) is 24.1 Å². The van der Waals surface area contributed by atoms with Crippen molar-refractivity contribution in [2.24, 2.45) is 5.92 Å². The minimum absolute atomic E-state index is 0.0575. The van der Waals surface area contributed by atoms with E-state index in [1.165, 1.54) is 18.0 Å². The molecule has 2 aromatic rings. The van der Waals surface area contributed by atoms with Crippen LogP contribution in [-0.4, -0.2) is 29.3 Å². The molecule has 1 amide bonds. The van der Waals surface area contributed by atoms with Crippen LogP contribution < -0.4 is 5.32 Å². The predicted molar refractivity (Wildman–Crippen MR) is 77.6 cm³/mol. The zero-order valence-electron chi connectivity index (χ0n) is 11.6. The van der Waals surface area contributed by atoms with Gasteiger partial charge in [0.15, 0.2) is 0 Å². The van der Waals surface area contributed by atoms with Crippen molar-refractivity contribution in [3.05, 3.63) is 59.9 Å². The molecule has 21 heavy (non-hydrogen) atoms. The first-order valence-electron chi connectivity index (χ1n) is 7.06. The van der Waals surface area contributed by atoms with Crippen molar-refractivity contribution in [1.29, 1.82) is 0 Å². The van der Waals surface area contributed by atoms with Gasteiger partial charge in [0, 0.05) is 19.1 Å². The van der Waals surface area contributed by atoms with E-state index in [9.17, 15) is 4.79 Å². The summed E-state index contributed by atoms with van der Waals surface area (Å²) < 4.78 is 5.82. The Balaban J connectivity index is 1.61. The normalized spacial score (nSPS) is 21.1. The van der Waals surface area contributed by atoms with Gasteiger partial charge in [-0.3, -0.25) is 4.79 Å². The van der Waals surface area contributed by atoms with E-state index in [-0.39, 0.29) is 12.0 Å². The van der Waals surface area contributed by atoms with E-state index in [1.807, 2.05) is 18.2 Å². The molecule has 1 aliphatic heterocycles. The first-order chi connectivity index (χ1) is 10.3. The van der Waals surface area contributed by atoms with Crippen LogP contribution in [0.3, 0.4) is 0 Å². The van der Waals surface area contributed by atoms with Crippen LogP contribution in [0.5, 0.6) is 0 Å². The molecule has 0 unspecified atom stereocenters. The van der Waals surface area contributed by atoms with Gasteiger partial charge in [0.2, 0.25) is 0 Å². The molecule has 1 N–H and O–H groups in total. The minimum atomic E-state index is -0.122. The highest BCUT2D eigenvalue weighted by Crippen LogP contribution is 2.33. The molecule has 1 fully saturated rings. The van der Waals surface area contributed by atoms with Crippen LogP contribution in [0.2, 0.25) is 0 Å². The van der Waals surface area contributed by atoms with Crippen molar-refractivity contribution in [3.63, 3.8) is 0 Å².